The van der Waals surface area contributed by atoms with Gasteiger partial charge in [-0.15, -0.1) is 0 Å². The van der Waals surface area contributed by atoms with E-state index in [1.54, 1.807) is 55.5 Å². The number of nitrogens with one attached hydrogen (secondary N) is 1. The zero-order valence-corrected chi connectivity index (χ0v) is 14.4. The minimum absolute atomic E-state index is 0.0202. The molecule has 3 aromatic rings. The smallest absolute Gasteiger partial charge is 0.273 e. The normalized spacial score (nSPS) is 10.9. The standard InChI is InChI=1S/C19H16N4O4/c1-12-6-7-13(10-17(12)23(25)26)18-9-8-14(27-18)11-21-22-19(24)15-4-2-3-5-16(15)20/h2-11H,20H2,1H3,(H,22,24)/b21-11-. The Morgan fingerprint density at radius 1 is 1.22 bits per heavy atom. The van der Waals surface area contributed by atoms with Gasteiger partial charge in [-0.05, 0) is 31.2 Å². The van der Waals surface area contributed by atoms with Crippen LogP contribution in [0.25, 0.3) is 11.3 Å². The number of amides is 1. The summed E-state index contributed by atoms with van der Waals surface area (Å²) in [5.74, 6) is 0.401. The van der Waals surface area contributed by atoms with E-state index in [1.165, 1.54) is 12.3 Å². The van der Waals surface area contributed by atoms with Gasteiger partial charge in [-0.3, -0.25) is 14.9 Å². The number of hydrogen-bond acceptors (Lipinski definition) is 6. The summed E-state index contributed by atoms with van der Waals surface area (Å²) in [6.07, 6.45) is 1.34. The number of nitrogens with two attached hydrogens (primary N) is 1. The topological polar surface area (TPSA) is 124 Å². The van der Waals surface area contributed by atoms with Crippen LogP contribution in [0.15, 0.2) is 64.1 Å². The van der Waals surface area contributed by atoms with Gasteiger partial charge in [-0.1, -0.05) is 24.3 Å². The molecule has 1 amide bonds. The number of carbonyl (C=O) groups excluding carboxylic acids is 1. The van der Waals surface area contributed by atoms with Crippen molar-refractivity contribution >= 4 is 23.5 Å². The number of nitrogen functional groups attached to an aromatic ring is 1. The molecule has 0 bridgehead atoms. The second kappa shape index (κ2) is 7.52. The van der Waals surface area contributed by atoms with Crippen LogP contribution in [0.1, 0.15) is 21.7 Å². The molecule has 8 heteroatoms. The van der Waals surface area contributed by atoms with Gasteiger partial charge in [0.15, 0.2) is 0 Å². The molecule has 0 radical (unpaired) electrons. The van der Waals surface area contributed by atoms with Crippen molar-refractivity contribution < 1.29 is 14.1 Å². The Hall–Kier alpha value is -3.94. The zero-order chi connectivity index (χ0) is 19.4. The number of rotatable bonds is 5. The van der Waals surface area contributed by atoms with Crippen molar-refractivity contribution in [2.45, 2.75) is 6.92 Å². The zero-order valence-electron chi connectivity index (χ0n) is 14.4. The maximum Gasteiger partial charge on any atom is 0.273 e. The Morgan fingerprint density at radius 3 is 2.74 bits per heavy atom. The van der Waals surface area contributed by atoms with Crippen LogP contribution in [-0.2, 0) is 0 Å². The first-order chi connectivity index (χ1) is 13.0. The highest BCUT2D eigenvalue weighted by Gasteiger charge is 2.13. The van der Waals surface area contributed by atoms with Gasteiger partial charge < -0.3 is 10.2 Å². The fourth-order valence-electron chi connectivity index (χ4n) is 2.46. The predicted octanol–water partition coefficient (Wildman–Crippen LogP) is 3.51. The van der Waals surface area contributed by atoms with Crippen molar-refractivity contribution in [2.24, 2.45) is 5.10 Å². The molecule has 0 spiro atoms. The van der Waals surface area contributed by atoms with Gasteiger partial charge >= 0.3 is 0 Å². The minimum atomic E-state index is -0.440. The molecule has 3 rings (SSSR count). The minimum Gasteiger partial charge on any atom is -0.455 e. The fourth-order valence-corrected chi connectivity index (χ4v) is 2.46. The molecule has 1 aromatic heterocycles. The maximum absolute atomic E-state index is 12.0. The number of hydrogen-bond donors (Lipinski definition) is 2. The van der Waals surface area contributed by atoms with E-state index in [0.717, 1.165) is 0 Å². The van der Waals surface area contributed by atoms with Gasteiger partial charge in [0.2, 0.25) is 0 Å². The summed E-state index contributed by atoms with van der Waals surface area (Å²) in [7, 11) is 0. The summed E-state index contributed by atoms with van der Waals surface area (Å²) < 4.78 is 5.61. The molecule has 27 heavy (non-hydrogen) atoms. The van der Waals surface area contributed by atoms with Crippen molar-refractivity contribution in [3.05, 3.63) is 81.6 Å². The Balaban J connectivity index is 1.72. The van der Waals surface area contributed by atoms with Crippen LogP contribution in [0.5, 0.6) is 0 Å². The lowest BCUT2D eigenvalue weighted by atomic mass is 10.1. The second-order valence-electron chi connectivity index (χ2n) is 5.75. The average Bonchev–Trinajstić information content (AvgIpc) is 3.11. The monoisotopic (exact) mass is 364 g/mol. The molecule has 2 aromatic carbocycles. The molecule has 8 nitrogen and oxygen atoms in total. The van der Waals surface area contributed by atoms with Gasteiger partial charge in [0.1, 0.15) is 11.5 Å². The quantitative estimate of drug-likeness (QED) is 0.310. The lowest BCUT2D eigenvalue weighted by Gasteiger charge is -2.02. The summed E-state index contributed by atoms with van der Waals surface area (Å²) in [4.78, 5) is 22.6. The maximum atomic E-state index is 12.0. The molecule has 1 heterocycles. The first-order valence-electron chi connectivity index (χ1n) is 7.99. The average molecular weight is 364 g/mol. The molecular formula is C19H16N4O4. The van der Waals surface area contributed by atoms with Crippen LogP contribution in [0.4, 0.5) is 11.4 Å². The largest absolute Gasteiger partial charge is 0.455 e. The van der Waals surface area contributed by atoms with Gasteiger partial charge in [0.25, 0.3) is 11.6 Å². The van der Waals surface area contributed by atoms with Gasteiger partial charge in [0.05, 0.1) is 16.7 Å². The number of benzene rings is 2. The number of carbonyl (C=O) groups is 1. The van der Waals surface area contributed by atoms with Crippen molar-refractivity contribution in [3.63, 3.8) is 0 Å². The Morgan fingerprint density at radius 2 is 2.00 bits per heavy atom. The highest BCUT2D eigenvalue weighted by Crippen LogP contribution is 2.27. The Bertz CT molecular complexity index is 1040. The molecule has 0 saturated carbocycles. The van der Waals surface area contributed by atoms with Crippen molar-refractivity contribution in [1.29, 1.82) is 0 Å². The van der Waals surface area contributed by atoms with Crippen LogP contribution in [0, 0.1) is 17.0 Å². The molecule has 3 N–H and O–H groups in total. The highest BCUT2D eigenvalue weighted by molar-refractivity contribution is 5.99. The van der Waals surface area contributed by atoms with E-state index in [1.807, 2.05) is 0 Å². The summed E-state index contributed by atoms with van der Waals surface area (Å²) in [6, 6.07) is 14.8. The van der Waals surface area contributed by atoms with Crippen LogP contribution >= 0.6 is 0 Å². The van der Waals surface area contributed by atoms with Gasteiger partial charge in [0, 0.05) is 22.9 Å². The number of furan rings is 1. The van der Waals surface area contributed by atoms with Crippen LogP contribution < -0.4 is 11.2 Å². The first-order valence-corrected chi connectivity index (χ1v) is 7.99. The number of nitro benzene ring substituents is 1. The molecule has 0 saturated heterocycles. The van der Waals surface area contributed by atoms with E-state index in [4.69, 9.17) is 10.2 Å². The first kappa shape index (κ1) is 17.9. The number of para-hydroxylation sites is 1. The molecule has 0 aliphatic carbocycles. The third kappa shape index (κ3) is 4.01. The second-order valence-corrected chi connectivity index (χ2v) is 5.75. The molecule has 0 unspecified atom stereocenters. The van der Waals surface area contributed by atoms with E-state index >= 15 is 0 Å². The third-order valence-corrected chi connectivity index (χ3v) is 3.88. The molecule has 136 valence electrons. The fraction of sp³-hybridized carbons (Fsp3) is 0.0526. The summed E-state index contributed by atoms with van der Waals surface area (Å²) in [5, 5.41) is 14.9. The van der Waals surface area contributed by atoms with Crippen molar-refractivity contribution in [2.75, 3.05) is 5.73 Å². The molecule has 0 atom stereocenters. The molecule has 0 fully saturated rings. The van der Waals surface area contributed by atoms with Gasteiger partial charge in [-0.25, -0.2) is 5.43 Å². The van der Waals surface area contributed by atoms with E-state index < -0.39 is 10.8 Å². The molecule has 0 aliphatic heterocycles. The molecule has 0 aliphatic rings. The predicted molar refractivity (Wildman–Crippen MR) is 101 cm³/mol. The SMILES string of the molecule is Cc1ccc(-c2ccc(/C=N\NC(=O)c3ccccc3N)o2)cc1[N+](=O)[O-]. The Labute approximate surface area is 154 Å². The van der Waals surface area contributed by atoms with Crippen molar-refractivity contribution in [1.82, 2.24) is 5.43 Å². The summed E-state index contributed by atoms with van der Waals surface area (Å²) in [6.45, 7) is 1.67. The van der Waals surface area contributed by atoms with Crippen LogP contribution in [0.3, 0.4) is 0 Å². The van der Waals surface area contributed by atoms with Crippen LogP contribution in [0.2, 0.25) is 0 Å². The van der Waals surface area contributed by atoms with Gasteiger partial charge in [-0.2, -0.15) is 5.10 Å². The van der Waals surface area contributed by atoms with E-state index in [9.17, 15) is 14.9 Å². The number of anilines is 1. The highest BCUT2D eigenvalue weighted by atomic mass is 16.6. The third-order valence-electron chi connectivity index (χ3n) is 3.88. The lowest BCUT2D eigenvalue weighted by molar-refractivity contribution is -0.385. The number of nitro groups is 1. The Kier molecular flexibility index (Phi) is 4.98. The number of hydrazone groups is 1. The molecular weight excluding hydrogens is 348 g/mol. The van der Waals surface area contributed by atoms with E-state index in [0.29, 0.717) is 33.9 Å². The lowest BCUT2D eigenvalue weighted by Crippen LogP contribution is -2.18. The number of nitrogens with zero attached hydrogens (tertiary/aromatic N) is 2. The summed E-state index contributed by atoms with van der Waals surface area (Å²) >= 11 is 0. The van der Waals surface area contributed by atoms with E-state index in [2.05, 4.69) is 10.5 Å². The number of aryl methyl sites for hydroxylation is 1. The van der Waals surface area contributed by atoms with Crippen LogP contribution in [-0.4, -0.2) is 17.0 Å². The van der Waals surface area contributed by atoms with E-state index in [-0.39, 0.29) is 5.69 Å². The van der Waals surface area contributed by atoms with Crippen molar-refractivity contribution in [3.8, 4) is 11.3 Å². The summed E-state index contributed by atoms with van der Waals surface area (Å²) in [5.41, 5.74) is 9.95.